The van der Waals surface area contributed by atoms with Gasteiger partial charge >= 0.3 is 0 Å². The van der Waals surface area contributed by atoms with E-state index in [1.54, 1.807) is 11.6 Å². The molecular formula is C13H12NOS. The lowest BCUT2D eigenvalue weighted by Gasteiger charge is -2.06. The fourth-order valence-corrected chi connectivity index (χ4v) is 2.12. The lowest BCUT2D eigenvalue weighted by molar-refractivity contribution is 0.835. The summed E-state index contributed by atoms with van der Waals surface area (Å²) in [6.45, 7) is 0. The van der Waals surface area contributed by atoms with Crippen molar-refractivity contribution in [1.82, 2.24) is 4.57 Å². The number of aryl methyl sites for hydroxylation is 1. The minimum Gasteiger partial charge on any atom is -0.317 e. The van der Waals surface area contributed by atoms with Gasteiger partial charge in [-0.2, -0.15) is 0 Å². The monoisotopic (exact) mass is 230 g/mol. The summed E-state index contributed by atoms with van der Waals surface area (Å²) in [5, 5.41) is 0. The molecule has 2 nitrogen and oxygen atoms in total. The number of aromatic nitrogens is 1. The molecule has 3 heteroatoms. The van der Waals surface area contributed by atoms with Crippen LogP contribution in [0.1, 0.15) is 0 Å². The minimum absolute atomic E-state index is 0.0520. The van der Waals surface area contributed by atoms with E-state index in [4.69, 9.17) is 0 Å². The molecule has 0 spiro atoms. The van der Waals surface area contributed by atoms with Gasteiger partial charge < -0.3 is 4.57 Å². The highest BCUT2D eigenvalue weighted by Gasteiger charge is 2.04. The zero-order valence-corrected chi connectivity index (χ0v) is 10.0. The van der Waals surface area contributed by atoms with Gasteiger partial charge in [0.05, 0.1) is 4.90 Å². The Hall–Kier alpha value is -1.48. The highest BCUT2D eigenvalue weighted by molar-refractivity contribution is 7.98. The molecule has 1 aromatic carbocycles. The van der Waals surface area contributed by atoms with Gasteiger partial charge in [0.25, 0.3) is 5.56 Å². The van der Waals surface area contributed by atoms with Crippen LogP contribution in [0.5, 0.6) is 0 Å². The first-order chi connectivity index (χ1) is 7.72. The summed E-state index contributed by atoms with van der Waals surface area (Å²) < 4.78 is 1.62. The van der Waals surface area contributed by atoms with Gasteiger partial charge in [-0.1, -0.05) is 18.2 Å². The molecule has 0 atom stereocenters. The normalized spacial score (nSPS) is 10.4. The summed E-state index contributed by atoms with van der Waals surface area (Å²) in [6, 6.07) is 12.7. The molecule has 0 amide bonds. The molecule has 1 heterocycles. The quantitative estimate of drug-likeness (QED) is 0.740. The number of hydrogen-bond acceptors (Lipinski definition) is 2. The molecule has 16 heavy (non-hydrogen) atoms. The Balaban J connectivity index is 2.60. The van der Waals surface area contributed by atoms with Gasteiger partial charge in [0.15, 0.2) is 0 Å². The van der Waals surface area contributed by atoms with E-state index in [9.17, 15) is 4.79 Å². The van der Waals surface area contributed by atoms with Crippen molar-refractivity contribution >= 4 is 11.8 Å². The molecule has 1 aromatic heterocycles. The Morgan fingerprint density at radius 1 is 1.38 bits per heavy atom. The number of nitrogens with zero attached hydrogens (tertiary/aromatic N) is 1. The summed E-state index contributed by atoms with van der Waals surface area (Å²) in [7, 11) is 1.78. The highest BCUT2D eigenvalue weighted by atomic mass is 32.2. The van der Waals surface area contributed by atoms with Gasteiger partial charge in [0, 0.05) is 13.2 Å². The van der Waals surface area contributed by atoms with Crippen molar-refractivity contribution < 1.29 is 0 Å². The highest BCUT2D eigenvalue weighted by Crippen LogP contribution is 2.21. The minimum atomic E-state index is 0.0520. The lowest BCUT2D eigenvalue weighted by Crippen LogP contribution is -2.17. The van der Waals surface area contributed by atoms with Crippen LogP contribution in [-0.2, 0) is 7.05 Å². The standard InChI is InChI=1S/C13H12NOS/c1-14-9-11(8-12(16-2)13(14)15)10-6-4-3-5-7-10/h3-4,6-9H,1-2H3. The topological polar surface area (TPSA) is 22.0 Å². The fourth-order valence-electron chi connectivity index (χ4n) is 1.56. The number of pyridine rings is 1. The molecule has 0 aliphatic heterocycles. The van der Waals surface area contributed by atoms with Gasteiger partial charge in [-0.3, -0.25) is 4.79 Å². The van der Waals surface area contributed by atoms with E-state index in [1.165, 1.54) is 11.8 Å². The molecule has 2 aromatic rings. The van der Waals surface area contributed by atoms with Crippen LogP contribution in [0.4, 0.5) is 0 Å². The third-order valence-electron chi connectivity index (χ3n) is 2.41. The maximum absolute atomic E-state index is 11.7. The Bertz CT molecular complexity index is 546. The van der Waals surface area contributed by atoms with E-state index in [1.807, 2.05) is 42.8 Å². The van der Waals surface area contributed by atoms with Crippen molar-refractivity contribution in [2.24, 2.45) is 7.05 Å². The Morgan fingerprint density at radius 2 is 2.19 bits per heavy atom. The average Bonchev–Trinajstić information content (AvgIpc) is 2.33. The lowest BCUT2D eigenvalue weighted by atomic mass is 10.1. The van der Waals surface area contributed by atoms with Crippen molar-refractivity contribution in [3.63, 3.8) is 0 Å². The van der Waals surface area contributed by atoms with E-state index in [0.717, 1.165) is 16.0 Å². The Morgan fingerprint density at radius 3 is 2.81 bits per heavy atom. The average molecular weight is 230 g/mol. The molecule has 0 unspecified atom stereocenters. The summed E-state index contributed by atoms with van der Waals surface area (Å²) in [5.74, 6) is 0. The largest absolute Gasteiger partial charge is 0.317 e. The van der Waals surface area contributed by atoms with Gasteiger partial charge in [-0.25, -0.2) is 0 Å². The predicted octanol–water partition coefficient (Wildman–Crippen LogP) is 2.57. The molecule has 2 rings (SSSR count). The Kier molecular flexibility index (Phi) is 3.15. The molecule has 0 saturated carbocycles. The number of thioether (sulfide) groups is 1. The van der Waals surface area contributed by atoms with Crippen molar-refractivity contribution in [1.29, 1.82) is 0 Å². The van der Waals surface area contributed by atoms with E-state index >= 15 is 0 Å². The van der Waals surface area contributed by atoms with Gasteiger partial charge in [0.1, 0.15) is 0 Å². The van der Waals surface area contributed by atoms with Crippen LogP contribution in [0.15, 0.2) is 46.2 Å². The van der Waals surface area contributed by atoms with Crippen LogP contribution < -0.4 is 5.56 Å². The number of benzene rings is 1. The van der Waals surface area contributed by atoms with E-state index in [0.29, 0.717) is 0 Å². The van der Waals surface area contributed by atoms with Crippen molar-refractivity contribution in [2.75, 3.05) is 6.26 Å². The van der Waals surface area contributed by atoms with E-state index < -0.39 is 0 Å². The van der Waals surface area contributed by atoms with Crippen molar-refractivity contribution in [3.8, 4) is 11.1 Å². The van der Waals surface area contributed by atoms with E-state index in [2.05, 4.69) is 6.07 Å². The molecular weight excluding hydrogens is 218 g/mol. The molecule has 0 fully saturated rings. The van der Waals surface area contributed by atoms with Gasteiger partial charge in [0.2, 0.25) is 0 Å². The predicted molar refractivity (Wildman–Crippen MR) is 67.7 cm³/mol. The summed E-state index contributed by atoms with van der Waals surface area (Å²) in [5.41, 5.74) is 2.17. The van der Waals surface area contributed by atoms with Crippen LogP contribution in [0, 0.1) is 6.07 Å². The second-order valence-electron chi connectivity index (χ2n) is 3.51. The first kappa shape index (κ1) is 11.0. The van der Waals surface area contributed by atoms with Crippen LogP contribution in [0.2, 0.25) is 0 Å². The first-order valence-corrected chi connectivity index (χ1v) is 6.16. The maximum Gasteiger partial charge on any atom is 0.263 e. The SMILES string of the molecule is CSc1cc(-c2c[c]ccc2)cn(C)c1=O. The van der Waals surface area contributed by atoms with Crippen LogP contribution >= 0.6 is 11.8 Å². The zero-order valence-electron chi connectivity index (χ0n) is 9.23. The molecule has 0 bridgehead atoms. The smallest absolute Gasteiger partial charge is 0.263 e. The van der Waals surface area contributed by atoms with Crippen LogP contribution in [0.25, 0.3) is 11.1 Å². The molecule has 0 N–H and O–H groups in total. The molecule has 81 valence electrons. The van der Waals surface area contributed by atoms with Crippen molar-refractivity contribution in [2.45, 2.75) is 4.90 Å². The maximum atomic E-state index is 11.7. The molecule has 0 aliphatic carbocycles. The molecule has 0 saturated heterocycles. The fraction of sp³-hybridized carbons (Fsp3) is 0.154. The second kappa shape index (κ2) is 4.58. The van der Waals surface area contributed by atoms with Crippen molar-refractivity contribution in [3.05, 3.63) is 52.9 Å². The second-order valence-corrected chi connectivity index (χ2v) is 4.35. The summed E-state index contributed by atoms with van der Waals surface area (Å²) >= 11 is 1.47. The molecule has 0 aliphatic rings. The Labute approximate surface area is 98.9 Å². The van der Waals surface area contributed by atoms with Crippen LogP contribution in [0.3, 0.4) is 0 Å². The molecule has 1 radical (unpaired) electrons. The van der Waals surface area contributed by atoms with E-state index in [-0.39, 0.29) is 5.56 Å². The van der Waals surface area contributed by atoms with Crippen LogP contribution in [-0.4, -0.2) is 10.8 Å². The van der Waals surface area contributed by atoms with Gasteiger partial charge in [-0.15, -0.1) is 11.8 Å². The zero-order chi connectivity index (χ0) is 11.5. The summed E-state index contributed by atoms with van der Waals surface area (Å²) in [6.07, 6.45) is 3.77. The van der Waals surface area contributed by atoms with Gasteiger partial charge in [-0.05, 0) is 35.6 Å². The number of hydrogen-bond donors (Lipinski definition) is 0. The summed E-state index contributed by atoms with van der Waals surface area (Å²) in [4.78, 5) is 12.5. The third-order valence-corrected chi connectivity index (χ3v) is 3.14. The first-order valence-electron chi connectivity index (χ1n) is 4.93. The number of rotatable bonds is 2. The third kappa shape index (κ3) is 2.04.